The topological polar surface area (TPSA) is 80.3 Å². The minimum absolute atomic E-state index is 0.0311. The molecule has 1 fully saturated rings. The van der Waals surface area contributed by atoms with Crippen LogP contribution in [0.4, 0.5) is 4.39 Å². The van der Waals surface area contributed by atoms with Crippen molar-refractivity contribution in [1.29, 1.82) is 0 Å². The molecule has 0 aromatic carbocycles. The summed E-state index contributed by atoms with van der Waals surface area (Å²) in [6, 6.07) is 1.76. The lowest BCUT2D eigenvalue weighted by molar-refractivity contribution is -0.129. The summed E-state index contributed by atoms with van der Waals surface area (Å²) in [5, 5.41) is 8.09. The van der Waals surface area contributed by atoms with Crippen LogP contribution in [-0.4, -0.2) is 68.0 Å². The van der Waals surface area contributed by atoms with E-state index >= 15 is 0 Å². The van der Waals surface area contributed by atoms with Gasteiger partial charge in [0.15, 0.2) is 5.82 Å². The van der Waals surface area contributed by atoms with E-state index in [1.165, 1.54) is 0 Å². The van der Waals surface area contributed by atoms with Gasteiger partial charge in [-0.05, 0) is 12.5 Å². The number of aryl methyl sites for hydroxylation is 2. The predicted molar refractivity (Wildman–Crippen MR) is 87.3 cm³/mol. The molecule has 8 nitrogen and oxygen atoms in total. The largest absolute Gasteiger partial charge is 0.344 e. The Bertz CT molecular complexity index is 730. The first-order chi connectivity index (χ1) is 11.9. The molecule has 0 bridgehead atoms. The Labute approximate surface area is 145 Å². The number of aromatic nitrogens is 4. The summed E-state index contributed by atoms with van der Waals surface area (Å²) < 4.78 is 20.5. The quantitative estimate of drug-likeness (QED) is 0.764. The highest BCUT2D eigenvalue weighted by molar-refractivity contribution is 5.78. The van der Waals surface area contributed by atoms with Crippen molar-refractivity contribution in [2.75, 3.05) is 20.1 Å². The van der Waals surface area contributed by atoms with E-state index in [1.807, 2.05) is 24.2 Å². The van der Waals surface area contributed by atoms with Gasteiger partial charge in [0.2, 0.25) is 11.8 Å². The summed E-state index contributed by atoms with van der Waals surface area (Å²) in [7, 11) is 3.56. The minimum atomic E-state index is -0.905. The van der Waals surface area contributed by atoms with Gasteiger partial charge in [-0.25, -0.2) is 4.39 Å². The molecule has 2 atom stereocenters. The van der Waals surface area contributed by atoms with Gasteiger partial charge in [0.1, 0.15) is 6.17 Å². The molecule has 0 N–H and O–H groups in total. The lowest BCUT2D eigenvalue weighted by Gasteiger charge is -2.27. The Balaban J connectivity index is 1.58. The van der Waals surface area contributed by atoms with Crippen LogP contribution < -0.4 is 0 Å². The Kier molecular flexibility index (Phi) is 5.12. The predicted octanol–water partition coefficient (Wildman–Crippen LogP) is 0.725. The average Bonchev–Trinajstić information content (AvgIpc) is 3.22. The Morgan fingerprint density at radius 1 is 1.52 bits per heavy atom. The number of amides is 1. The lowest BCUT2D eigenvalue weighted by atomic mass is 10.2. The van der Waals surface area contributed by atoms with Gasteiger partial charge in [0, 0.05) is 46.3 Å². The molecule has 3 heterocycles. The molecule has 0 aliphatic carbocycles. The van der Waals surface area contributed by atoms with Gasteiger partial charge in [-0.3, -0.25) is 14.4 Å². The van der Waals surface area contributed by atoms with Crippen molar-refractivity contribution in [2.24, 2.45) is 7.05 Å². The second-order valence-corrected chi connectivity index (χ2v) is 6.58. The molecule has 9 heteroatoms. The average molecular weight is 350 g/mol. The molecule has 1 saturated heterocycles. The standard InChI is InChI=1S/C16H23FN6O2/c1-11-18-15(20-25-11)10-23-8-12(17)6-14(23)9-21(2)16(24)7-13-4-5-22(3)19-13/h4-5,12,14H,6-10H2,1-3H3/t12-,14-/m0/s1. The second-order valence-electron chi connectivity index (χ2n) is 6.58. The van der Waals surface area contributed by atoms with Gasteiger partial charge in [-0.15, -0.1) is 0 Å². The van der Waals surface area contributed by atoms with E-state index in [9.17, 15) is 9.18 Å². The molecule has 0 saturated carbocycles. The van der Waals surface area contributed by atoms with Crippen molar-refractivity contribution in [3.63, 3.8) is 0 Å². The van der Waals surface area contributed by atoms with Crippen LogP contribution >= 0.6 is 0 Å². The van der Waals surface area contributed by atoms with Crippen LogP contribution in [0, 0.1) is 6.92 Å². The van der Waals surface area contributed by atoms with Crippen LogP contribution in [-0.2, 0) is 24.8 Å². The van der Waals surface area contributed by atoms with Crippen molar-refractivity contribution < 1.29 is 13.7 Å². The summed E-state index contributed by atoms with van der Waals surface area (Å²) >= 11 is 0. The van der Waals surface area contributed by atoms with Gasteiger partial charge < -0.3 is 9.42 Å². The van der Waals surface area contributed by atoms with Crippen molar-refractivity contribution in [2.45, 2.75) is 38.5 Å². The number of alkyl halides is 1. The summed E-state index contributed by atoms with van der Waals surface area (Å²) in [5.74, 6) is 1.00. The number of likely N-dealkylation sites (N-methyl/N-ethyl adjacent to an activating group) is 1. The van der Waals surface area contributed by atoms with Crippen molar-refractivity contribution in [3.05, 3.63) is 29.7 Å². The molecule has 1 aliphatic rings. The number of carbonyl (C=O) groups excluding carboxylic acids is 1. The molecule has 3 rings (SSSR count). The Morgan fingerprint density at radius 3 is 2.96 bits per heavy atom. The number of halogens is 1. The molecular weight excluding hydrogens is 327 g/mol. The molecule has 136 valence electrons. The van der Waals surface area contributed by atoms with E-state index in [4.69, 9.17) is 4.52 Å². The highest BCUT2D eigenvalue weighted by Gasteiger charge is 2.34. The summed E-state index contributed by atoms with van der Waals surface area (Å²) in [6.45, 7) is 2.92. The van der Waals surface area contributed by atoms with E-state index in [2.05, 4.69) is 15.2 Å². The monoisotopic (exact) mass is 350 g/mol. The molecule has 0 radical (unpaired) electrons. The third-order valence-corrected chi connectivity index (χ3v) is 4.40. The summed E-state index contributed by atoms with van der Waals surface area (Å²) in [5.41, 5.74) is 0.730. The maximum Gasteiger partial charge on any atom is 0.228 e. The molecule has 0 unspecified atom stereocenters. The summed E-state index contributed by atoms with van der Waals surface area (Å²) in [6.07, 6.45) is 1.55. The Hall–Kier alpha value is -2.29. The lowest BCUT2D eigenvalue weighted by Crippen LogP contribution is -2.41. The molecule has 2 aromatic heterocycles. The molecule has 1 amide bonds. The van der Waals surface area contributed by atoms with E-state index in [0.717, 1.165) is 5.69 Å². The maximum absolute atomic E-state index is 13.9. The fourth-order valence-electron chi connectivity index (χ4n) is 3.16. The van der Waals surface area contributed by atoms with Gasteiger partial charge >= 0.3 is 0 Å². The van der Waals surface area contributed by atoms with Crippen LogP contribution in [0.1, 0.15) is 23.8 Å². The number of hydrogen-bond acceptors (Lipinski definition) is 6. The maximum atomic E-state index is 13.9. The first-order valence-electron chi connectivity index (χ1n) is 8.30. The fraction of sp³-hybridized carbons (Fsp3) is 0.625. The highest BCUT2D eigenvalue weighted by atomic mass is 19.1. The third-order valence-electron chi connectivity index (χ3n) is 4.40. The van der Waals surface area contributed by atoms with Gasteiger partial charge in [0.25, 0.3) is 0 Å². The smallest absolute Gasteiger partial charge is 0.228 e. The zero-order valence-electron chi connectivity index (χ0n) is 14.7. The number of hydrogen-bond donors (Lipinski definition) is 0. The van der Waals surface area contributed by atoms with Crippen molar-refractivity contribution >= 4 is 5.91 Å². The Morgan fingerprint density at radius 2 is 2.32 bits per heavy atom. The van der Waals surface area contributed by atoms with Gasteiger partial charge in [-0.2, -0.15) is 10.1 Å². The van der Waals surface area contributed by atoms with Gasteiger partial charge in [-0.1, -0.05) is 5.16 Å². The zero-order valence-corrected chi connectivity index (χ0v) is 14.7. The number of likely N-dealkylation sites (tertiary alicyclic amines) is 1. The van der Waals surface area contributed by atoms with Crippen molar-refractivity contribution in [3.8, 4) is 0 Å². The summed E-state index contributed by atoms with van der Waals surface area (Å²) in [4.78, 5) is 20.2. The van der Waals surface area contributed by atoms with E-state index in [1.54, 1.807) is 23.6 Å². The van der Waals surface area contributed by atoms with Crippen LogP contribution in [0.25, 0.3) is 0 Å². The van der Waals surface area contributed by atoms with E-state index in [0.29, 0.717) is 37.8 Å². The fourth-order valence-corrected chi connectivity index (χ4v) is 3.16. The number of nitrogens with zero attached hydrogens (tertiary/aromatic N) is 6. The normalized spacial score (nSPS) is 21.0. The SMILES string of the molecule is Cc1nc(CN2C[C@@H](F)C[C@H]2CN(C)C(=O)Cc2ccn(C)n2)no1. The molecule has 0 spiro atoms. The molecule has 1 aliphatic heterocycles. The zero-order chi connectivity index (χ0) is 18.0. The highest BCUT2D eigenvalue weighted by Crippen LogP contribution is 2.23. The van der Waals surface area contributed by atoms with Crippen LogP contribution in [0.15, 0.2) is 16.8 Å². The van der Waals surface area contributed by atoms with E-state index in [-0.39, 0.29) is 18.4 Å². The second kappa shape index (κ2) is 7.30. The van der Waals surface area contributed by atoms with Gasteiger partial charge in [0.05, 0.1) is 18.7 Å². The minimum Gasteiger partial charge on any atom is -0.344 e. The van der Waals surface area contributed by atoms with Crippen LogP contribution in [0.5, 0.6) is 0 Å². The first kappa shape index (κ1) is 17.5. The number of carbonyl (C=O) groups is 1. The van der Waals surface area contributed by atoms with Crippen LogP contribution in [0.2, 0.25) is 0 Å². The number of rotatable bonds is 6. The molecule has 25 heavy (non-hydrogen) atoms. The van der Waals surface area contributed by atoms with Crippen LogP contribution in [0.3, 0.4) is 0 Å². The van der Waals surface area contributed by atoms with E-state index < -0.39 is 6.17 Å². The molecule has 2 aromatic rings. The van der Waals surface area contributed by atoms with Crippen molar-refractivity contribution in [1.82, 2.24) is 29.7 Å². The first-order valence-corrected chi connectivity index (χ1v) is 8.30. The third kappa shape index (κ3) is 4.41. The molecular formula is C16H23FN6O2.